The van der Waals surface area contributed by atoms with Crippen molar-refractivity contribution in [2.24, 2.45) is 5.92 Å². The highest BCUT2D eigenvalue weighted by molar-refractivity contribution is 6.03. The summed E-state index contributed by atoms with van der Waals surface area (Å²) in [6, 6.07) is -0.887. The van der Waals surface area contributed by atoms with Crippen molar-refractivity contribution in [2.45, 2.75) is 43.8 Å². The van der Waals surface area contributed by atoms with E-state index in [1.165, 1.54) is 4.90 Å². The van der Waals surface area contributed by atoms with Gasteiger partial charge in [-0.3, -0.25) is 19.4 Å². The van der Waals surface area contributed by atoms with Crippen LogP contribution in [0.1, 0.15) is 25.7 Å². The molecule has 0 aromatic heterocycles. The number of amides is 3. The van der Waals surface area contributed by atoms with Crippen LogP contribution in [-0.4, -0.2) is 80.0 Å². The largest absolute Gasteiger partial charge is 0.477 e. The lowest BCUT2D eigenvalue weighted by atomic mass is 9.79. The fourth-order valence-corrected chi connectivity index (χ4v) is 5.01. The van der Waals surface area contributed by atoms with E-state index < -0.39 is 30.1 Å². The number of allylic oxidation sites excluding steroid dienone is 2. The number of carboxylic acid groups (broad SMARTS) is 2. The molecule has 5 aliphatic rings. The van der Waals surface area contributed by atoms with E-state index in [2.05, 4.69) is 0 Å². The molecule has 0 bridgehead atoms. The molecule has 3 amide bonds. The lowest BCUT2D eigenvalue weighted by Crippen LogP contribution is -2.69. The molecule has 9 heteroatoms. The minimum Gasteiger partial charge on any atom is -0.477 e. The summed E-state index contributed by atoms with van der Waals surface area (Å²) in [6.45, 7) is 0.850. The molecule has 27 heavy (non-hydrogen) atoms. The van der Waals surface area contributed by atoms with Crippen LogP contribution in [-0.2, 0) is 14.4 Å². The van der Waals surface area contributed by atoms with Gasteiger partial charge in [-0.25, -0.2) is 9.59 Å². The Bertz CT molecular complexity index is 857. The maximum absolute atomic E-state index is 12.6. The van der Waals surface area contributed by atoms with Gasteiger partial charge in [0.25, 0.3) is 5.91 Å². The van der Waals surface area contributed by atoms with E-state index in [1.807, 2.05) is 4.90 Å². The lowest BCUT2D eigenvalue weighted by molar-refractivity contribution is -0.156. The summed E-state index contributed by atoms with van der Waals surface area (Å²) >= 11 is 0. The third-order valence-electron chi connectivity index (χ3n) is 6.33. The molecule has 9 nitrogen and oxygen atoms in total. The van der Waals surface area contributed by atoms with Crippen molar-refractivity contribution >= 4 is 23.9 Å². The third kappa shape index (κ3) is 2.17. The van der Waals surface area contributed by atoms with E-state index in [4.69, 9.17) is 0 Å². The van der Waals surface area contributed by atoms with Crippen molar-refractivity contribution in [1.29, 1.82) is 0 Å². The number of likely N-dealkylation sites (tertiary alicyclic amines) is 2. The van der Waals surface area contributed by atoms with E-state index in [0.717, 1.165) is 17.7 Å². The quantitative estimate of drug-likeness (QED) is 0.540. The number of hydrogen-bond acceptors (Lipinski definition) is 4. The van der Waals surface area contributed by atoms with Crippen LogP contribution >= 0.6 is 0 Å². The molecular weight excluding hydrogens is 354 g/mol. The monoisotopic (exact) mass is 373 g/mol. The number of carbonyl (C=O) groups is 4. The molecule has 4 aliphatic heterocycles. The molecule has 4 heterocycles. The zero-order chi connectivity index (χ0) is 19.0. The number of hydrogen-bond donors (Lipinski definition) is 2. The number of nitrogens with zero attached hydrogens (tertiary/aromatic N) is 3. The summed E-state index contributed by atoms with van der Waals surface area (Å²) < 4.78 is 0. The SMILES string of the molecule is O=C(O)C1=C(/C=C2\CCN(C3CC3)C2=O)C[C@@H]2CN(C(=O)O)[C@@H]3C(=O)N1[C@H]23. The molecule has 0 aromatic carbocycles. The smallest absolute Gasteiger partial charge is 0.408 e. The van der Waals surface area contributed by atoms with Gasteiger partial charge in [0.05, 0.1) is 6.04 Å². The maximum Gasteiger partial charge on any atom is 0.408 e. The van der Waals surface area contributed by atoms with Crippen LogP contribution in [0.3, 0.4) is 0 Å². The maximum atomic E-state index is 12.6. The highest BCUT2D eigenvalue weighted by Crippen LogP contribution is 2.47. The van der Waals surface area contributed by atoms with Crippen LogP contribution in [0.4, 0.5) is 4.79 Å². The third-order valence-corrected chi connectivity index (χ3v) is 6.33. The van der Waals surface area contributed by atoms with Crippen LogP contribution in [0.25, 0.3) is 0 Å². The van der Waals surface area contributed by atoms with E-state index >= 15 is 0 Å². The van der Waals surface area contributed by atoms with Crippen LogP contribution in [0.15, 0.2) is 22.9 Å². The topological polar surface area (TPSA) is 118 Å². The fourth-order valence-electron chi connectivity index (χ4n) is 5.01. The summed E-state index contributed by atoms with van der Waals surface area (Å²) in [6.07, 6.45) is 3.43. The Balaban J connectivity index is 1.50. The first-order valence-electron chi connectivity index (χ1n) is 9.19. The second-order valence-corrected chi connectivity index (χ2v) is 7.87. The Morgan fingerprint density at radius 3 is 2.52 bits per heavy atom. The van der Waals surface area contributed by atoms with E-state index in [1.54, 1.807) is 6.08 Å². The van der Waals surface area contributed by atoms with Gasteiger partial charge in [0, 0.05) is 30.6 Å². The zero-order valence-corrected chi connectivity index (χ0v) is 14.5. The predicted octanol–water partition coefficient (Wildman–Crippen LogP) is 0.239. The molecule has 142 valence electrons. The van der Waals surface area contributed by atoms with Crippen molar-refractivity contribution in [1.82, 2.24) is 14.7 Å². The molecule has 5 rings (SSSR count). The molecule has 2 N–H and O–H groups in total. The number of carbonyl (C=O) groups excluding carboxylic acids is 2. The van der Waals surface area contributed by atoms with Gasteiger partial charge in [-0.1, -0.05) is 0 Å². The number of β-lactam (4-membered cyclic amide) rings is 1. The second kappa shape index (κ2) is 5.34. The highest BCUT2D eigenvalue weighted by atomic mass is 16.4. The zero-order valence-electron chi connectivity index (χ0n) is 14.5. The summed E-state index contributed by atoms with van der Waals surface area (Å²) in [4.78, 5) is 52.6. The Morgan fingerprint density at radius 2 is 1.89 bits per heavy atom. The van der Waals surface area contributed by atoms with Crippen molar-refractivity contribution in [3.8, 4) is 0 Å². The van der Waals surface area contributed by atoms with Crippen LogP contribution in [0.2, 0.25) is 0 Å². The van der Waals surface area contributed by atoms with Crippen LogP contribution in [0, 0.1) is 5.92 Å². The Morgan fingerprint density at radius 1 is 1.15 bits per heavy atom. The second-order valence-electron chi connectivity index (χ2n) is 7.87. The van der Waals surface area contributed by atoms with Crippen molar-refractivity contribution < 1.29 is 29.4 Å². The summed E-state index contributed by atoms with van der Waals surface area (Å²) in [5.41, 5.74) is 0.922. The molecule has 0 spiro atoms. The molecule has 0 aromatic rings. The van der Waals surface area contributed by atoms with Crippen molar-refractivity contribution in [3.63, 3.8) is 0 Å². The molecule has 1 aliphatic carbocycles. The number of carboxylic acids is 1. The minimum absolute atomic E-state index is 0.0525. The molecule has 0 unspecified atom stereocenters. The molecular formula is C18H19N3O6. The predicted molar refractivity (Wildman–Crippen MR) is 89.4 cm³/mol. The van der Waals surface area contributed by atoms with Gasteiger partial charge >= 0.3 is 12.1 Å². The first-order valence-corrected chi connectivity index (χ1v) is 9.19. The molecule has 4 fully saturated rings. The average molecular weight is 373 g/mol. The van der Waals surface area contributed by atoms with Crippen molar-refractivity contribution in [3.05, 3.63) is 22.9 Å². The van der Waals surface area contributed by atoms with Crippen LogP contribution < -0.4 is 0 Å². The van der Waals surface area contributed by atoms with Crippen LogP contribution in [0.5, 0.6) is 0 Å². The Hall–Kier alpha value is -2.84. The summed E-state index contributed by atoms with van der Waals surface area (Å²) in [5, 5.41) is 19.0. The Labute approximate surface area is 154 Å². The van der Waals surface area contributed by atoms with E-state index in [0.29, 0.717) is 36.6 Å². The number of aliphatic carboxylic acids is 1. The van der Waals surface area contributed by atoms with Gasteiger partial charge in [-0.05, 0) is 37.3 Å². The first-order chi connectivity index (χ1) is 12.9. The van der Waals surface area contributed by atoms with Gasteiger partial charge in [0.1, 0.15) is 11.7 Å². The molecule has 3 atom stereocenters. The fraction of sp³-hybridized carbons (Fsp3) is 0.556. The minimum atomic E-state index is -1.22. The summed E-state index contributed by atoms with van der Waals surface area (Å²) in [5.74, 6) is -1.90. The average Bonchev–Trinajstić information content (AvgIpc) is 3.29. The van der Waals surface area contributed by atoms with Gasteiger partial charge < -0.3 is 15.1 Å². The Kier molecular flexibility index (Phi) is 3.23. The van der Waals surface area contributed by atoms with E-state index in [-0.39, 0.29) is 24.1 Å². The van der Waals surface area contributed by atoms with Crippen molar-refractivity contribution in [2.75, 3.05) is 13.1 Å². The van der Waals surface area contributed by atoms with E-state index in [9.17, 15) is 29.4 Å². The lowest BCUT2D eigenvalue weighted by Gasteiger charge is -2.49. The first kappa shape index (κ1) is 16.3. The number of rotatable bonds is 3. The molecule has 1 saturated carbocycles. The highest BCUT2D eigenvalue weighted by Gasteiger charge is 2.64. The normalized spacial score (nSPS) is 33.7. The van der Waals surface area contributed by atoms with Gasteiger partial charge in [0.2, 0.25) is 5.91 Å². The summed E-state index contributed by atoms with van der Waals surface area (Å²) in [7, 11) is 0. The molecule has 0 radical (unpaired) electrons. The standard InChI is InChI=1S/C18H19N3O6/c22-15-8(3-4-19(15)11-1-2-11)5-9-6-10-7-20(18(26)27)14-12(10)21(16(14)23)13(9)17(24)25/h5,10-12,14H,1-4,6-7H2,(H,24,25)(H,26,27)/b8-5+/t10-,12-,14+/m1/s1. The molecule has 3 saturated heterocycles. The van der Waals surface area contributed by atoms with Gasteiger partial charge in [0.15, 0.2) is 0 Å². The van der Waals surface area contributed by atoms with Gasteiger partial charge in [-0.15, -0.1) is 0 Å². The van der Waals surface area contributed by atoms with Gasteiger partial charge in [-0.2, -0.15) is 0 Å².